The van der Waals surface area contributed by atoms with Crippen LogP contribution in [0.5, 0.6) is 0 Å². The van der Waals surface area contributed by atoms with Gasteiger partial charge in [-0.05, 0) is 48.8 Å². The number of nitrogens with zero attached hydrogens (tertiary/aromatic N) is 1. The van der Waals surface area contributed by atoms with Crippen molar-refractivity contribution < 1.29 is 0 Å². The molecule has 56 valence electrons. The third kappa shape index (κ3) is 2.56. The normalized spacial score (nSPS) is 10.8. The second-order valence-electron chi connectivity index (χ2n) is 2.44. The summed E-state index contributed by atoms with van der Waals surface area (Å²) in [6, 6.07) is 4.34. The molecule has 1 aromatic rings. The summed E-state index contributed by atoms with van der Waals surface area (Å²) in [5, 5.41) is 0. The molecule has 0 radical (unpaired) electrons. The molecule has 0 saturated carbocycles. The molecular formula is C7H10INS. The number of hydrogen-bond donors (Lipinski definition) is 0. The quantitative estimate of drug-likeness (QED) is 0.744. The van der Waals surface area contributed by atoms with E-state index in [1.54, 1.807) is 0 Å². The Labute approximate surface area is 79.2 Å². The van der Waals surface area contributed by atoms with E-state index in [0.29, 0.717) is 0 Å². The van der Waals surface area contributed by atoms with Gasteiger partial charge in [0.1, 0.15) is 0 Å². The second-order valence-corrected chi connectivity index (χ2v) is 5.51. The third-order valence-corrected chi connectivity index (χ3v) is 2.98. The lowest BCUT2D eigenvalue weighted by Gasteiger charge is -2.05. The molecule has 0 aliphatic heterocycles. The Morgan fingerprint density at radius 1 is 1.50 bits per heavy atom. The molecule has 0 aromatic carbocycles. The van der Waals surface area contributed by atoms with E-state index in [4.69, 9.17) is 0 Å². The van der Waals surface area contributed by atoms with Crippen LogP contribution in [0.3, 0.4) is 0 Å². The Kier molecular flexibility index (Phi) is 3.13. The molecular weight excluding hydrogens is 257 g/mol. The lowest BCUT2D eigenvalue weighted by molar-refractivity contribution is 0.406. The van der Waals surface area contributed by atoms with Gasteiger partial charge < -0.3 is 4.90 Å². The van der Waals surface area contributed by atoms with Crippen molar-refractivity contribution in [2.24, 2.45) is 0 Å². The fraction of sp³-hybridized carbons (Fsp3) is 0.429. The Balaban J connectivity index is 2.58. The maximum absolute atomic E-state index is 2.35. The molecule has 10 heavy (non-hydrogen) atoms. The van der Waals surface area contributed by atoms with E-state index in [9.17, 15) is 0 Å². The van der Waals surface area contributed by atoms with E-state index in [2.05, 4.69) is 53.7 Å². The van der Waals surface area contributed by atoms with Gasteiger partial charge in [0.2, 0.25) is 0 Å². The van der Waals surface area contributed by atoms with Gasteiger partial charge in [-0.25, -0.2) is 0 Å². The van der Waals surface area contributed by atoms with Crippen LogP contribution < -0.4 is 0 Å². The average Bonchev–Trinajstić information content (AvgIpc) is 2.13. The van der Waals surface area contributed by atoms with E-state index >= 15 is 0 Å². The van der Waals surface area contributed by atoms with E-state index in [-0.39, 0.29) is 0 Å². The lowest BCUT2D eigenvalue weighted by Crippen LogP contribution is -2.09. The molecule has 0 aliphatic rings. The summed E-state index contributed by atoms with van der Waals surface area (Å²) in [5.41, 5.74) is 0. The molecule has 0 fully saturated rings. The number of rotatable bonds is 2. The molecule has 0 amide bonds. The maximum atomic E-state index is 2.35. The first-order chi connectivity index (χ1) is 4.68. The van der Waals surface area contributed by atoms with Gasteiger partial charge in [0.25, 0.3) is 0 Å². The first-order valence-corrected chi connectivity index (χ1v) is 4.97. The van der Waals surface area contributed by atoms with Crippen molar-refractivity contribution in [2.45, 2.75) is 6.54 Å². The number of halogens is 1. The van der Waals surface area contributed by atoms with Crippen LogP contribution in [-0.4, -0.2) is 19.0 Å². The Hall–Kier alpha value is 0.390. The fourth-order valence-electron chi connectivity index (χ4n) is 0.748. The van der Waals surface area contributed by atoms with Gasteiger partial charge in [0.15, 0.2) is 0 Å². The largest absolute Gasteiger partial charge is 0.304 e. The van der Waals surface area contributed by atoms with Crippen LogP contribution in [0.1, 0.15) is 4.88 Å². The van der Waals surface area contributed by atoms with Gasteiger partial charge in [0.05, 0.1) is 2.88 Å². The second kappa shape index (κ2) is 3.69. The maximum Gasteiger partial charge on any atom is 0.0656 e. The van der Waals surface area contributed by atoms with Crippen LogP contribution in [0.4, 0.5) is 0 Å². The zero-order valence-electron chi connectivity index (χ0n) is 6.10. The molecule has 0 saturated heterocycles. The Morgan fingerprint density at radius 2 is 2.20 bits per heavy atom. The van der Waals surface area contributed by atoms with Crippen LogP contribution in [-0.2, 0) is 6.54 Å². The standard InChI is InChI=1S/C7H10INS/c1-9(2)5-6-3-4-7(8)10-6/h3-4H,5H2,1-2H3. The molecule has 0 atom stereocenters. The van der Waals surface area contributed by atoms with Crippen molar-refractivity contribution >= 4 is 33.9 Å². The zero-order valence-corrected chi connectivity index (χ0v) is 9.07. The van der Waals surface area contributed by atoms with Gasteiger partial charge in [-0.1, -0.05) is 0 Å². The molecule has 0 N–H and O–H groups in total. The monoisotopic (exact) mass is 267 g/mol. The molecule has 1 heterocycles. The smallest absolute Gasteiger partial charge is 0.0656 e. The summed E-state index contributed by atoms with van der Waals surface area (Å²) in [4.78, 5) is 3.62. The van der Waals surface area contributed by atoms with Crippen LogP contribution >= 0.6 is 33.9 Å². The minimum absolute atomic E-state index is 1.06. The predicted molar refractivity (Wildman–Crippen MR) is 54.4 cm³/mol. The van der Waals surface area contributed by atoms with E-state index in [0.717, 1.165) is 6.54 Å². The predicted octanol–water partition coefficient (Wildman–Crippen LogP) is 2.41. The molecule has 0 unspecified atom stereocenters. The highest BCUT2D eigenvalue weighted by Crippen LogP contribution is 2.18. The van der Waals surface area contributed by atoms with E-state index < -0.39 is 0 Å². The third-order valence-electron chi connectivity index (χ3n) is 1.10. The summed E-state index contributed by atoms with van der Waals surface area (Å²) in [6.45, 7) is 1.06. The van der Waals surface area contributed by atoms with Crippen molar-refractivity contribution in [1.82, 2.24) is 4.90 Å². The first-order valence-electron chi connectivity index (χ1n) is 3.07. The fourth-order valence-corrected chi connectivity index (χ4v) is 2.62. The van der Waals surface area contributed by atoms with Gasteiger partial charge in [-0.15, -0.1) is 11.3 Å². The van der Waals surface area contributed by atoms with Crippen molar-refractivity contribution in [3.05, 3.63) is 19.9 Å². The summed E-state index contributed by atoms with van der Waals surface area (Å²) < 4.78 is 1.37. The highest BCUT2D eigenvalue weighted by atomic mass is 127. The molecule has 0 spiro atoms. The van der Waals surface area contributed by atoms with Crippen LogP contribution in [0.15, 0.2) is 12.1 Å². The van der Waals surface area contributed by atoms with Gasteiger partial charge in [0, 0.05) is 11.4 Å². The SMILES string of the molecule is CN(C)Cc1ccc(I)s1. The Bertz CT molecular complexity index is 207. The van der Waals surface area contributed by atoms with Gasteiger partial charge in [-0.2, -0.15) is 0 Å². The molecule has 1 aromatic heterocycles. The highest BCUT2D eigenvalue weighted by molar-refractivity contribution is 14.1. The molecule has 3 heteroatoms. The number of hydrogen-bond acceptors (Lipinski definition) is 2. The number of thiophene rings is 1. The Morgan fingerprint density at radius 3 is 2.60 bits per heavy atom. The summed E-state index contributed by atoms with van der Waals surface area (Å²) >= 11 is 4.21. The lowest BCUT2D eigenvalue weighted by atomic mass is 10.4. The topological polar surface area (TPSA) is 3.24 Å². The van der Waals surface area contributed by atoms with Crippen molar-refractivity contribution in [2.75, 3.05) is 14.1 Å². The molecule has 1 rings (SSSR count). The minimum Gasteiger partial charge on any atom is -0.304 e. The molecule has 0 aliphatic carbocycles. The van der Waals surface area contributed by atoms with Gasteiger partial charge >= 0.3 is 0 Å². The molecule has 1 nitrogen and oxygen atoms in total. The van der Waals surface area contributed by atoms with Crippen molar-refractivity contribution in [3.63, 3.8) is 0 Å². The molecule has 0 bridgehead atoms. The summed E-state index contributed by atoms with van der Waals surface area (Å²) in [5.74, 6) is 0. The summed E-state index contributed by atoms with van der Waals surface area (Å²) in [7, 11) is 4.18. The van der Waals surface area contributed by atoms with Gasteiger partial charge in [-0.3, -0.25) is 0 Å². The van der Waals surface area contributed by atoms with E-state index in [1.807, 2.05) is 11.3 Å². The summed E-state index contributed by atoms with van der Waals surface area (Å²) in [6.07, 6.45) is 0. The van der Waals surface area contributed by atoms with Crippen LogP contribution in [0.25, 0.3) is 0 Å². The van der Waals surface area contributed by atoms with Crippen LogP contribution in [0.2, 0.25) is 0 Å². The highest BCUT2D eigenvalue weighted by Gasteiger charge is 1.97. The average molecular weight is 267 g/mol. The zero-order chi connectivity index (χ0) is 7.56. The van der Waals surface area contributed by atoms with Crippen LogP contribution in [0, 0.1) is 2.88 Å². The minimum atomic E-state index is 1.06. The van der Waals surface area contributed by atoms with Crippen molar-refractivity contribution in [3.8, 4) is 0 Å². The van der Waals surface area contributed by atoms with Crippen molar-refractivity contribution in [1.29, 1.82) is 0 Å². The van der Waals surface area contributed by atoms with E-state index in [1.165, 1.54) is 7.76 Å². The first kappa shape index (κ1) is 8.49.